The molecule has 0 fully saturated rings. The van der Waals surface area contributed by atoms with E-state index >= 15 is 0 Å². The predicted molar refractivity (Wildman–Crippen MR) is 75.0 cm³/mol. The molecule has 1 rings (SSSR count). The number of carbonyl (C=O) groups is 1. The first-order valence-electron chi connectivity index (χ1n) is 6.27. The van der Waals surface area contributed by atoms with Crippen molar-refractivity contribution in [3.05, 3.63) is 22.9 Å². The van der Waals surface area contributed by atoms with Gasteiger partial charge in [0.05, 0.1) is 12.2 Å². The fourth-order valence-electron chi connectivity index (χ4n) is 1.64. The lowest BCUT2D eigenvalue weighted by Crippen LogP contribution is -2.17. The number of rotatable bonds is 5. The van der Waals surface area contributed by atoms with Gasteiger partial charge in [-0.1, -0.05) is 18.7 Å². The molecule has 0 aliphatic rings. The van der Waals surface area contributed by atoms with E-state index in [2.05, 4.69) is 11.1 Å². The Morgan fingerprint density at radius 2 is 2.26 bits per heavy atom. The van der Waals surface area contributed by atoms with Crippen molar-refractivity contribution in [2.75, 3.05) is 6.61 Å². The Bertz CT molecular complexity index is 509. The monoisotopic (exact) mass is 278 g/mol. The number of nitrogens with zero attached hydrogens (tertiary/aromatic N) is 2. The highest BCUT2D eigenvalue weighted by atomic mass is 32.2. The number of thioether (sulfide) groups is 1. The summed E-state index contributed by atoms with van der Waals surface area (Å²) in [4.78, 5) is 16.1. The quantitative estimate of drug-likeness (QED) is 0.612. The Morgan fingerprint density at radius 3 is 2.79 bits per heavy atom. The van der Waals surface area contributed by atoms with Crippen LogP contribution < -0.4 is 0 Å². The number of aromatic nitrogens is 1. The normalized spacial score (nSPS) is 11.7. The van der Waals surface area contributed by atoms with E-state index in [-0.39, 0.29) is 11.2 Å². The molecule has 0 aliphatic carbocycles. The maximum Gasteiger partial charge on any atom is 0.319 e. The molecule has 1 aromatic rings. The van der Waals surface area contributed by atoms with Crippen molar-refractivity contribution < 1.29 is 9.53 Å². The molecule has 0 aliphatic heterocycles. The lowest BCUT2D eigenvalue weighted by molar-refractivity contribution is -0.142. The van der Waals surface area contributed by atoms with E-state index in [1.165, 1.54) is 11.8 Å². The highest BCUT2D eigenvalue weighted by molar-refractivity contribution is 8.00. The lowest BCUT2D eigenvalue weighted by Gasteiger charge is -2.12. The number of pyridine rings is 1. The summed E-state index contributed by atoms with van der Waals surface area (Å²) in [5.74, 6) is -0.281. The zero-order chi connectivity index (χ0) is 14.4. The largest absolute Gasteiger partial charge is 0.465 e. The molecule has 102 valence electrons. The molecule has 0 bridgehead atoms. The second kappa shape index (κ2) is 7.15. The highest BCUT2D eigenvalue weighted by Gasteiger charge is 2.19. The van der Waals surface area contributed by atoms with Crippen molar-refractivity contribution in [1.29, 1.82) is 5.26 Å². The van der Waals surface area contributed by atoms with Gasteiger partial charge >= 0.3 is 5.97 Å². The van der Waals surface area contributed by atoms with Gasteiger partial charge in [0, 0.05) is 5.69 Å². The zero-order valence-corrected chi connectivity index (χ0v) is 12.5. The fraction of sp³-hybridized carbons (Fsp3) is 0.500. The van der Waals surface area contributed by atoms with Crippen LogP contribution in [0.15, 0.2) is 11.1 Å². The molecule has 5 heteroatoms. The lowest BCUT2D eigenvalue weighted by atomic mass is 10.1. The molecule has 19 heavy (non-hydrogen) atoms. The van der Waals surface area contributed by atoms with E-state index in [0.29, 0.717) is 17.2 Å². The van der Waals surface area contributed by atoms with E-state index in [0.717, 1.165) is 17.7 Å². The number of aryl methyl sites for hydroxylation is 2. The van der Waals surface area contributed by atoms with Crippen LogP contribution in [0.1, 0.15) is 37.6 Å². The number of ether oxygens (including phenoxy) is 1. The Labute approximate surface area is 118 Å². The maximum atomic E-state index is 11.6. The third-order valence-corrected chi connectivity index (χ3v) is 3.73. The van der Waals surface area contributed by atoms with Gasteiger partial charge in [-0.3, -0.25) is 4.79 Å². The summed E-state index contributed by atoms with van der Waals surface area (Å²) in [6, 6.07) is 3.95. The average molecular weight is 278 g/mol. The van der Waals surface area contributed by atoms with Crippen molar-refractivity contribution in [3.63, 3.8) is 0 Å². The standard InChI is InChI=1S/C14H18N2O2S/c1-5-12-9(3)7-11(8-15)13(16-12)19-10(4)14(17)18-6-2/h7,10H,5-6H2,1-4H3/t10-/m1/s1. The molecule has 0 saturated heterocycles. The first-order chi connectivity index (χ1) is 9.03. The van der Waals surface area contributed by atoms with Crippen molar-refractivity contribution in [2.24, 2.45) is 0 Å². The van der Waals surface area contributed by atoms with E-state index in [9.17, 15) is 4.79 Å². The van der Waals surface area contributed by atoms with Crippen LogP contribution in [0.3, 0.4) is 0 Å². The van der Waals surface area contributed by atoms with Gasteiger partial charge in [0.25, 0.3) is 0 Å². The summed E-state index contributed by atoms with van der Waals surface area (Å²) in [5, 5.41) is 9.38. The van der Waals surface area contributed by atoms with Crippen LogP contribution in [0, 0.1) is 18.3 Å². The van der Waals surface area contributed by atoms with E-state index < -0.39 is 0 Å². The summed E-state index contributed by atoms with van der Waals surface area (Å²) in [5.41, 5.74) is 2.47. The molecular weight excluding hydrogens is 260 g/mol. The summed E-state index contributed by atoms with van der Waals surface area (Å²) in [7, 11) is 0. The third kappa shape index (κ3) is 3.97. The molecular formula is C14H18N2O2S. The SMILES string of the molecule is CCOC(=O)[C@@H](C)Sc1nc(CC)c(C)cc1C#N. The van der Waals surface area contributed by atoms with Crippen LogP contribution in [0.2, 0.25) is 0 Å². The second-order valence-electron chi connectivity index (χ2n) is 4.08. The molecule has 1 aromatic heterocycles. The Hall–Kier alpha value is -1.54. The molecule has 4 nitrogen and oxygen atoms in total. The summed E-state index contributed by atoms with van der Waals surface area (Å²) < 4.78 is 4.96. The molecule has 1 heterocycles. The smallest absolute Gasteiger partial charge is 0.319 e. The van der Waals surface area contributed by atoms with Crippen LogP contribution in [0.25, 0.3) is 0 Å². The van der Waals surface area contributed by atoms with Crippen LogP contribution in [-0.2, 0) is 16.0 Å². The maximum absolute atomic E-state index is 11.6. The number of nitriles is 1. The van der Waals surface area contributed by atoms with Crippen LogP contribution in [0.5, 0.6) is 0 Å². The van der Waals surface area contributed by atoms with Gasteiger partial charge in [0.2, 0.25) is 0 Å². The van der Waals surface area contributed by atoms with Crippen molar-refractivity contribution in [1.82, 2.24) is 4.98 Å². The van der Waals surface area contributed by atoms with Crippen LogP contribution in [0.4, 0.5) is 0 Å². The van der Waals surface area contributed by atoms with Gasteiger partial charge in [0.1, 0.15) is 16.3 Å². The number of carbonyl (C=O) groups excluding carboxylic acids is 1. The minimum absolute atomic E-state index is 0.281. The molecule has 0 spiro atoms. The number of hydrogen-bond donors (Lipinski definition) is 0. The van der Waals surface area contributed by atoms with Gasteiger partial charge in [-0.15, -0.1) is 0 Å². The van der Waals surface area contributed by atoms with Gasteiger partial charge in [-0.25, -0.2) is 4.98 Å². The number of hydrogen-bond acceptors (Lipinski definition) is 5. The first-order valence-corrected chi connectivity index (χ1v) is 7.15. The van der Waals surface area contributed by atoms with Gasteiger partial charge in [0.15, 0.2) is 0 Å². The van der Waals surface area contributed by atoms with Crippen molar-refractivity contribution in [2.45, 2.75) is 44.4 Å². The van der Waals surface area contributed by atoms with Gasteiger partial charge in [-0.2, -0.15) is 5.26 Å². The summed E-state index contributed by atoms with van der Waals surface area (Å²) in [6.07, 6.45) is 0.804. The van der Waals surface area contributed by atoms with E-state index in [1.807, 2.05) is 19.9 Å². The van der Waals surface area contributed by atoms with Crippen molar-refractivity contribution in [3.8, 4) is 6.07 Å². The summed E-state index contributed by atoms with van der Waals surface area (Å²) in [6.45, 7) is 7.85. The minimum atomic E-state index is -0.369. The Kier molecular flexibility index (Phi) is 5.84. The summed E-state index contributed by atoms with van der Waals surface area (Å²) >= 11 is 1.27. The topological polar surface area (TPSA) is 63.0 Å². The average Bonchev–Trinajstić information content (AvgIpc) is 2.40. The van der Waals surface area contributed by atoms with Crippen LogP contribution in [-0.4, -0.2) is 22.8 Å². The highest BCUT2D eigenvalue weighted by Crippen LogP contribution is 2.27. The Balaban J connectivity index is 3.00. The second-order valence-corrected chi connectivity index (χ2v) is 5.41. The molecule has 0 N–H and O–H groups in total. The van der Waals surface area contributed by atoms with E-state index in [1.54, 1.807) is 13.8 Å². The molecule has 0 saturated carbocycles. The van der Waals surface area contributed by atoms with Gasteiger partial charge in [-0.05, 0) is 38.8 Å². The third-order valence-electron chi connectivity index (χ3n) is 2.65. The number of esters is 1. The van der Waals surface area contributed by atoms with Crippen molar-refractivity contribution >= 4 is 17.7 Å². The minimum Gasteiger partial charge on any atom is -0.465 e. The van der Waals surface area contributed by atoms with Gasteiger partial charge < -0.3 is 4.74 Å². The molecule has 1 atom stereocenters. The molecule has 0 unspecified atom stereocenters. The molecule has 0 radical (unpaired) electrons. The Morgan fingerprint density at radius 1 is 1.58 bits per heavy atom. The molecule has 0 amide bonds. The van der Waals surface area contributed by atoms with Crippen LogP contribution >= 0.6 is 11.8 Å². The molecule has 0 aromatic carbocycles. The first kappa shape index (κ1) is 15.5. The zero-order valence-electron chi connectivity index (χ0n) is 11.7. The fourth-order valence-corrected chi connectivity index (χ4v) is 2.53. The predicted octanol–water partition coefficient (Wildman–Crippen LogP) is 2.87. The van der Waals surface area contributed by atoms with E-state index in [4.69, 9.17) is 10.00 Å².